The van der Waals surface area contributed by atoms with Crippen LogP contribution in [-0.4, -0.2) is 23.8 Å². The Bertz CT molecular complexity index is 204. The SMILES string of the molecule is O=[C]C(CCCCOC1CC[CH]CC1)C(Cl)Cl. The molecule has 0 amide bonds. The summed E-state index contributed by atoms with van der Waals surface area (Å²) < 4.78 is 5.77. The van der Waals surface area contributed by atoms with Gasteiger partial charge in [-0.3, -0.25) is 4.79 Å². The second-order valence-electron chi connectivity index (χ2n) is 4.49. The summed E-state index contributed by atoms with van der Waals surface area (Å²) in [6, 6.07) is 0. The molecule has 0 aromatic heterocycles. The second-order valence-corrected chi connectivity index (χ2v) is 5.65. The molecule has 1 fully saturated rings. The molecule has 2 nitrogen and oxygen atoms in total. The van der Waals surface area contributed by atoms with Gasteiger partial charge in [0, 0.05) is 6.61 Å². The van der Waals surface area contributed by atoms with Gasteiger partial charge < -0.3 is 4.74 Å². The predicted molar refractivity (Wildman–Crippen MR) is 71.0 cm³/mol. The number of unbranched alkanes of at least 4 members (excludes halogenated alkanes) is 1. The fourth-order valence-corrected chi connectivity index (χ4v) is 2.37. The van der Waals surface area contributed by atoms with Crippen LogP contribution in [-0.2, 0) is 9.53 Å². The molecule has 1 unspecified atom stereocenters. The summed E-state index contributed by atoms with van der Waals surface area (Å²) in [6.45, 7) is 0.769. The minimum atomic E-state index is -0.637. The van der Waals surface area contributed by atoms with E-state index in [0.717, 1.165) is 32.3 Å². The Morgan fingerprint density at radius 2 is 2.00 bits per heavy atom. The fraction of sp³-hybridized carbons (Fsp3) is 0.846. The monoisotopic (exact) mass is 278 g/mol. The van der Waals surface area contributed by atoms with Gasteiger partial charge in [-0.05, 0) is 44.9 Å². The highest BCUT2D eigenvalue weighted by atomic mass is 35.5. The van der Waals surface area contributed by atoms with Crippen LogP contribution in [0.1, 0.15) is 44.9 Å². The molecular weight excluding hydrogens is 259 g/mol. The van der Waals surface area contributed by atoms with Gasteiger partial charge >= 0.3 is 0 Å². The van der Waals surface area contributed by atoms with Crippen LogP contribution in [0.15, 0.2) is 0 Å². The third kappa shape index (κ3) is 6.64. The van der Waals surface area contributed by atoms with Crippen molar-refractivity contribution >= 4 is 29.5 Å². The molecule has 0 heterocycles. The maximum atomic E-state index is 10.5. The van der Waals surface area contributed by atoms with Gasteiger partial charge in [-0.2, -0.15) is 0 Å². The van der Waals surface area contributed by atoms with E-state index < -0.39 is 4.84 Å². The summed E-state index contributed by atoms with van der Waals surface area (Å²) in [4.78, 5) is 9.89. The maximum absolute atomic E-state index is 10.5. The van der Waals surface area contributed by atoms with E-state index in [1.54, 1.807) is 0 Å². The zero-order valence-corrected chi connectivity index (χ0v) is 11.6. The number of alkyl halides is 2. The van der Waals surface area contributed by atoms with Gasteiger partial charge in [0.1, 0.15) is 4.84 Å². The first-order valence-corrected chi connectivity index (χ1v) is 7.20. The average Bonchev–Trinajstić information content (AvgIpc) is 2.34. The van der Waals surface area contributed by atoms with Gasteiger partial charge in [0.05, 0.1) is 12.0 Å². The highest BCUT2D eigenvalue weighted by Crippen LogP contribution is 2.21. The van der Waals surface area contributed by atoms with Gasteiger partial charge in [-0.15, -0.1) is 23.2 Å². The van der Waals surface area contributed by atoms with Gasteiger partial charge in [0.25, 0.3) is 0 Å². The lowest BCUT2D eigenvalue weighted by atomic mass is 9.98. The van der Waals surface area contributed by atoms with E-state index in [2.05, 4.69) is 6.42 Å². The topological polar surface area (TPSA) is 26.3 Å². The van der Waals surface area contributed by atoms with Gasteiger partial charge in [-0.25, -0.2) is 0 Å². The molecule has 0 bridgehead atoms. The Labute approximate surface area is 114 Å². The molecule has 0 spiro atoms. The van der Waals surface area contributed by atoms with Gasteiger partial charge in [0.2, 0.25) is 6.29 Å². The highest BCUT2D eigenvalue weighted by molar-refractivity contribution is 6.45. The Balaban J connectivity index is 1.98. The molecule has 0 N–H and O–H groups in total. The van der Waals surface area contributed by atoms with Crippen molar-refractivity contribution in [2.45, 2.75) is 55.9 Å². The largest absolute Gasteiger partial charge is 0.378 e. The summed E-state index contributed by atoms with van der Waals surface area (Å²) in [6.07, 6.45) is 11.9. The standard InChI is InChI=1S/C13H20Cl2O2/c14-13(15)11(10-16)6-4-5-9-17-12-7-2-1-3-8-12/h1,11-13H,2-9H2. The number of halogens is 2. The first-order valence-electron chi connectivity index (χ1n) is 6.33. The van der Waals surface area contributed by atoms with Crippen molar-refractivity contribution in [2.24, 2.45) is 5.92 Å². The maximum Gasteiger partial charge on any atom is 0.204 e. The van der Waals surface area contributed by atoms with E-state index in [4.69, 9.17) is 27.9 Å². The van der Waals surface area contributed by atoms with Crippen LogP contribution >= 0.6 is 23.2 Å². The normalized spacial score (nSPS) is 19.5. The Morgan fingerprint density at radius 1 is 1.29 bits per heavy atom. The molecule has 98 valence electrons. The van der Waals surface area contributed by atoms with E-state index in [-0.39, 0.29) is 5.92 Å². The van der Waals surface area contributed by atoms with Crippen LogP contribution in [0.5, 0.6) is 0 Å². The zero-order chi connectivity index (χ0) is 12.5. The Morgan fingerprint density at radius 3 is 2.59 bits per heavy atom. The van der Waals surface area contributed by atoms with Crippen molar-refractivity contribution in [3.63, 3.8) is 0 Å². The molecule has 0 saturated heterocycles. The fourth-order valence-electron chi connectivity index (χ4n) is 2.02. The summed E-state index contributed by atoms with van der Waals surface area (Å²) in [5.74, 6) is -0.359. The number of rotatable bonds is 8. The summed E-state index contributed by atoms with van der Waals surface area (Å²) >= 11 is 11.3. The van der Waals surface area contributed by atoms with Crippen LogP contribution in [0.4, 0.5) is 0 Å². The van der Waals surface area contributed by atoms with E-state index in [9.17, 15) is 4.79 Å². The van der Waals surface area contributed by atoms with E-state index in [1.165, 1.54) is 12.8 Å². The number of hydrogen-bond donors (Lipinski definition) is 0. The van der Waals surface area contributed by atoms with Gasteiger partial charge in [0.15, 0.2) is 0 Å². The first-order chi connectivity index (χ1) is 8.24. The quantitative estimate of drug-likeness (QED) is 0.498. The van der Waals surface area contributed by atoms with E-state index in [1.807, 2.05) is 6.29 Å². The minimum Gasteiger partial charge on any atom is -0.378 e. The Hall–Kier alpha value is 0.210. The molecule has 1 atom stereocenters. The second kappa shape index (κ2) is 9.18. The van der Waals surface area contributed by atoms with Crippen LogP contribution < -0.4 is 0 Å². The first kappa shape index (κ1) is 15.3. The Kier molecular flexibility index (Phi) is 8.25. The van der Waals surface area contributed by atoms with Crippen LogP contribution in [0.25, 0.3) is 0 Å². The summed E-state index contributed by atoms with van der Waals surface area (Å²) in [5, 5.41) is 0. The van der Waals surface area contributed by atoms with Crippen molar-refractivity contribution in [2.75, 3.05) is 6.61 Å². The van der Waals surface area contributed by atoms with E-state index >= 15 is 0 Å². The average molecular weight is 279 g/mol. The number of carbonyl (C=O) groups excluding carboxylic acids is 1. The van der Waals surface area contributed by atoms with Crippen LogP contribution in [0.3, 0.4) is 0 Å². The minimum absolute atomic E-state index is 0.359. The number of hydrogen-bond acceptors (Lipinski definition) is 2. The molecule has 0 aromatic rings. The van der Waals surface area contributed by atoms with Crippen molar-refractivity contribution in [3.8, 4) is 0 Å². The highest BCUT2D eigenvalue weighted by Gasteiger charge is 2.17. The van der Waals surface area contributed by atoms with Crippen molar-refractivity contribution in [1.29, 1.82) is 0 Å². The molecule has 4 heteroatoms. The summed E-state index contributed by atoms with van der Waals surface area (Å²) in [5.41, 5.74) is 0. The third-order valence-electron chi connectivity index (χ3n) is 3.10. The lowest BCUT2D eigenvalue weighted by Gasteiger charge is -2.21. The van der Waals surface area contributed by atoms with Crippen molar-refractivity contribution in [1.82, 2.24) is 0 Å². The molecule has 1 saturated carbocycles. The molecule has 2 radical (unpaired) electrons. The van der Waals surface area contributed by atoms with Crippen LogP contribution in [0, 0.1) is 12.3 Å². The molecule has 1 aliphatic carbocycles. The summed E-state index contributed by atoms with van der Waals surface area (Å²) in [7, 11) is 0. The smallest absolute Gasteiger partial charge is 0.204 e. The molecule has 1 aliphatic rings. The molecule has 0 aliphatic heterocycles. The van der Waals surface area contributed by atoms with E-state index in [0.29, 0.717) is 12.5 Å². The van der Waals surface area contributed by atoms with Crippen molar-refractivity contribution in [3.05, 3.63) is 6.42 Å². The predicted octanol–water partition coefficient (Wildman–Crippen LogP) is 3.85. The lowest BCUT2D eigenvalue weighted by Crippen LogP contribution is -2.17. The molecule has 1 rings (SSSR count). The molecular formula is C13H20Cl2O2. The number of ether oxygens (including phenoxy) is 1. The van der Waals surface area contributed by atoms with Gasteiger partial charge in [-0.1, -0.05) is 6.42 Å². The lowest BCUT2D eigenvalue weighted by molar-refractivity contribution is 0.0324. The zero-order valence-electron chi connectivity index (χ0n) is 10.0. The molecule has 17 heavy (non-hydrogen) atoms. The molecule has 0 aromatic carbocycles. The van der Waals surface area contributed by atoms with Crippen LogP contribution in [0.2, 0.25) is 0 Å². The van der Waals surface area contributed by atoms with Crippen molar-refractivity contribution < 1.29 is 9.53 Å². The third-order valence-corrected chi connectivity index (χ3v) is 3.71.